The van der Waals surface area contributed by atoms with Crippen molar-refractivity contribution in [2.24, 2.45) is 5.73 Å². The Morgan fingerprint density at radius 3 is 2.25 bits per heavy atom. The second-order valence-corrected chi connectivity index (χ2v) is 3.15. The highest BCUT2D eigenvalue weighted by Crippen LogP contribution is 2.19. The smallest absolute Gasteiger partial charge is 0.302 e. The van der Waals surface area contributed by atoms with E-state index < -0.39 is 0 Å². The van der Waals surface area contributed by atoms with Crippen LogP contribution in [0, 0.1) is 0 Å². The quantitative estimate of drug-likeness (QED) is 0.638. The topological polar surface area (TPSA) is 52.3 Å². The summed E-state index contributed by atoms with van der Waals surface area (Å²) in [6.07, 6.45) is 3.96. The first-order valence-corrected chi connectivity index (χ1v) is 4.11. The van der Waals surface area contributed by atoms with E-state index >= 15 is 0 Å². The van der Waals surface area contributed by atoms with Gasteiger partial charge < -0.3 is 10.5 Å². The fourth-order valence-electron chi connectivity index (χ4n) is 1.44. The predicted molar refractivity (Wildman–Crippen MR) is 49.2 cm³/mol. The number of nitrogens with two attached hydrogens (primary N) is 1. The van der Waals surface area contributed by atoms with Gasteiger partial charge in [-0.3, -0.25) is 4.79 Å². The zero-order chi connectivity index (χ0) is 8.27. The summed E-state index contributed by atoms with van der Waals surface area (Å²) in [7, 11) is 0. The zero-order valence-electron chi connectivity index (χ0n) is 7.29. The van der Waals surface area contributed by atoms with Gasteiger partial charge in [0.15, 0.2) is 0 Å². The van der Waals surface area contributed by atoms with Crippen LogP contribution in [-0.4, -0.2) is 18.1 Å². The van der Waals surface area contributed by atoms with E-state index in [2.05, 4.69) is 0 Å². The fraction of sp³-hybridized carbons (Fsp3) is 0.875. The van der Waals surface area contributed by atoms with Crippen LogP contribution in [0.4, 0.5) is 0 Å². The number of ether oxygens (including phenoxy) is 1. The molecule has 0 aromatic carbocycles. The van der Waals surface area contributed by atoms with Crippen molar-refractivity contribution >= 4 is 18.4 Å². The molecule has 1 aliphatic rings. The van der Waals surface area contributed by atoms with E-state index in [4.69, 9.17) is 10.5 Å². The number of hydrogen-bond acceptors (Lipinski definition) is 3. The van der Waals surface area contributed by atoms with Gasteiger partial charge >= 0.3 is 5.97 Å². The van der Waals surface area contributed by atoms with E-state index in [1.807, 2.05) is 0 Å². The van der Waals surface area contributed by atoms with Crippen molar-refractivity contribution in [3.8, 4) is 0 Å². The van der Waals surface area contributed by atoms with E-state index in [-0.39, 0.29) is 24.5 Å². The van der Waals surface area contributed by atoms with Crippen LogP contribution in [0.1, 0.15) is 32.6 Å². The minimum atomic E-state index is -0.175. The fourth-order valence-corrected chi connectivity index (χ4v) is 1.44. The van der Waals surface area contributed by atoms with Gasteiger partial charge in [-0.05, 0) is 25.7 Å². The molecule has 0 aliphatic heterocycles. The number of esters is 1. The summed E-state index contributed by atoms with van der Waals surface area (Å²) < 4.78 is 5.04. The average Bonchev–Trinajstić information content (AvgIpc) is 1.93. The molecule has 1 fully saturated rings. The number of rotatable bonds is 1. The van der Waals surface area contributed by atoms with Crippen LogP contribution in [-0.2, 0) is 9.53 Å². The number of carbonyl (C=O) groups excluding carboxylic acids is 1. The monoisotopic (exact) mass is 193 g/mol. The van der Waals surface area contributed by atoms with Crippen molar-refractivity contribution in [2.75, 3.05) is 0 Å². The Labute approximate surface area is 79.1 Å². The third kappa shape index (κ3) is 3.93. The summed E-state index contributed by atoms with van der Waals surface area (Å²) in [5, 5.41) is 0. The van der Waals surface area contributed by atoms with Gasteiger partial charge in [0, 0.05) is 13.0 Å². The maximum Gasteiger partial charge on any atom is 0.302 e. The molecule has 0 aromatic heterocycles. The molecule has 1 saturated carbocycles. The third-order valence-electron chi connectivity index (χ3n) is 2.05. The van der Waals surface area contributed by atoms with Crippen molar-refractivity contribution in [1.29, 1.82) is 0 Å². The summed E-state index contributed by atoms with van der Waals surface area (Å²) in [5.41, 5.74) is 5.69. The lowest BCUT2D eigenvalue weighted by molar-refractivity contribution is -0.147. The highest BCUT2D eigenvalue weighted by atomic mass is 35.5. The van der Waals surface area contributed by atoms with Gasteiger partial charge in [0.05, 0.1) is 0 Å². The van der Waals surface area contributed by atoms with Crippen molar-refractivity contribution < 1.29 is 9.53 Å². The number of carbonyl (C=O) groups is 1. The van der Waals surface area contributed by atoms with Crippen molar-refractivity contribution in [3.05, 3.63) is 0 Å². The van der Waals surface area contributed by atoms with Gasteiger partial charge in [-0.2, -0.15) is 0 Å². The van der Waals surface area contributed by atoms with Crippen LogP contribution in [0.3, 0.4) is 0 Å². The van der Waals surface area contributed by atoms with Gasteiger partial charge in [-0.1, -0.05) is 0 Å². The summed E-state index contributed by atoms with van der Waals surface area (Å²) in [6.45, 7) is 1.45. The van der Waals surface area contributed by atoms with Crippen LogP contribution in [0.2, 0.25) is 0 Å². The minimum absolute atomic E-state index is 0. The molecule has 0 aromatic rings. The molecule has 1 aliphatic carbocycles. The Kier molecular flexibility index (Phi) is 5.25. The minimum Gasteiger partial charge on any atom is -0.463 e. The number of hydrogen-bond donors (Lipinski definition) is 1. The van der Waals surface area contributed by atoms with E-state index in [0.717, 1.165) is 25.7 Å². The van der Waals surface area contributed by atoms with Gasteiger partial charge in [0.25, 0.3) is 0 Å². The maximum atomic E-state index is 10.5. The first-order chi connectivity index (χ1) is 5.18. The van der Waals surface area contributed by atoms with Crippen molar-refractivity contribution in [2.45, 2.75) is 44.8 Å². The summed E-state index contributed by atoms with van der Waals surface area (Å²) in [4.78, 5) is 10.5. The van der Waals surface area contributed by atoms with E-state index in [9.17, 15) is 4.79 Å². The molecule has 0 heterocycles. The van der Waals surface area contributed by atoms with Gasteiger partial charge in [0.2, 0.25) is 0 Å². The average molecular weight is 194 g/mol. The maximum absolute atomic E-state index is 10.5. The summed E-state index contributed by atoms with van der Waals surface area (Å²) >= 11 is 0. The Bertz CT molecular complexity index is 144. The second-order valence-electron chi connectivity index (χ2n) is 3.15. The standard InChI is InChI=1S/C8H15NO2.ClH/c1-6(10)11-8-4-2-7(9)3-5-8;/h7-8H,2-5,9H2,1H3;1H. The zero-order valence-corrected chi connectivity index (χ0v) is 8.10. The van der Waals surface area contributed by atoms with Crippen LogP contribution >= 0.6 is 12.4 Å². The Hall–Kier alpha value is -0.280. The Morgan fingerprint density at radius 1 is 1.33 bits per heavy atom. The summed E-state index contributed by atoms with van der Waals surface area (Å²) in [5.74, 6) is -0.175. The lowest BCUT2D eigenvalue weighted by Gasteiger charge is -2.25. The first-order valence-electron chi connectivity index (χ1n) is 4.11. The molecule has 4 heteroatoms. The van der Waals surface area contributed by atoms with E-state index in [1.165, 1.54) is 6.92 Å². The largest absolute Gasteiger partial charge is 0.463 e. The summed E-state index contributed by atoms with van der Waals surface area (Å²) in [6, 6.07) is 0.321. The van der Waals surface area contributed by atoms with Crippen molar-refractivity contribution in [3.63, 3.8) is 0 Å². The Balaban J connectivity index is 0.00000121. The molecule has 0 spiro atoms. The molecule has 72 valence electrons. The highest BCUT2D eigenvalue weighted by Gasteiger charge is 2.19. The van der Waals surface area contributed by atoms with Crippen LogP contribution in [0.15, 0.2) is 0 Å². The normalized spacial score (nSPS) is 28.8. The van der Waals surface area contributed by atoms with Crippen molar-refractivity contribution in [1.82, 2.24) is 0 Å². The lowest BCUT2D eigenvalue weighted by Crippen LogP contribution is -2.31. The van der Waals surface area contributed by atoms with E-state index in [1.54, 1.807) is 0 Å². The lowest BCUT2D eigenvalue weighted by atomic mass is 9.94. The molecule has 0 amide bonds. The van der Waals surface area contributed by atoms with Gasteiger partial charge in [-0.25, -0.2) is 0 Å². The van der Waals surface area contributed by atoms with Gasteiger partial charge in [0.1, 0.15) is 6.10 Å². The second kappa shape index (κ2) is 5.38. The van der Waals surface area contributed by atoms with Crippen LogP contribution < -0.4 is 5.73 Å². The Morgan fingerprint density at radius 2 is 1.83 bits per heavy atom. The number of halogens is 1. The molecule has 0 bridgehead atoms. The molecular formula is C8H16ClNO2. The molecule has 12 heavy (non-hydrogen) atoms. The highest BCUT2D eigenvalue weighted by molar-refractivity contribution is 5.85. The molecule has 3 nitrogen and oxygen atoms in total. The predicted octanol–water partition coefficient (Wildman–Crippen LogP) is 1.24. The molecule has 0 saturated heterocycles. The van der Waals surface area contributed by atoms with Crippen LogP contribution in [0.25, 0.3) is 0 Å². The first kappa shape index (κ1) is 11.7. The molecular weight excluding hydrogens is 178 g/mol. The third-order valence-corrected chi connectivity index (χ3v) is 2.05. The molecule has 2 N–H and O–H groups in total. The van der Waals surface area contributed by atoms with Crippen LogP contribution in [0.5, 0.6) is 0 Å². The molecule has 0 atom stereocenters. The molecule has 0 unspecified atom stereocenters. The van der Waals surface area contributed by atoms with E-state index in [0.29, 0.717) is 6.04 Å². The molecule has 0 radical (unpaired) electrons. The SMILES string of the molecule is CC(=O)OC1CCC(N)CC1.Cl. The molecule has 1 rings (SSSR count). The van der Waals surface area contributed by atoms with Gasteiger partial charge in [-0.15, -0.1) is 12.4 Å².